The SMILES string of the molecule is Cc1ccc(F)cc1-c1nc(C(=O)NN2CCCCC2)c(C)n1CCC1CCCCC1. The molecule has 1 aromatic heterocycles. The molecule has 2 aliphatic rings. The Balaban J connectivity index is 1.63. The van der Waals surface area contributed by atoms with Crippen LogP contribution in [0.25, 0.3) is 11.4 Å². The second-order valence-corrected chi connectivity index (χ2v) is 9.26. The van der Waals surface area contributed by atoms with E-state index in [-0.39, 0.29) is 11.7 Å². The molecule has 1 N–H and O–H groups in total. The summed E-state index contributed by atoms with van der Waals surface area (Å²) in [4.78, 5) is 17.9. The lowest BCUT2D eigenvalue weighted by atomic mass is 9.87. The van der Waals surface area contributed by atoms with Crippen LogP contribution in [-0.4, -0.2) is 33.6 Å². The van der Waals surface area contributed by atoms with E-state index < -0.39 is 0 Å². The van der Waals surface area contributed by atoms with Gasteiger partial charge in [-0.1, -0.05) is 44.6 Å². The molecule has 2 aromatic rings. The lowest BCUT2D eigenvalue weighted by molar-refractivity contribution is 0.0744. The van der Waals surface area contributed by atoms with Crippen LogP contribution >= 0.6 is 0 Å². The molecule has 31 heavy (non-hydrogen) atoms. The number of carbonyl (C=O) groups is 1. The average molecular weight is 427 g/mol. The van der Waals surface area contributed by atoms with E-state index in [1.54, 1.807) is 12.1 Å². The molecule has 6 heteroatoms. The van der Waals surface area contributed by atoms with Crippen molar-refractivity contribution < 1.29 is 9.18 Å². The summed E-state index contributed by atoms with van der Waals surface area (Å²) in [5, 5.41) is 2.00. The number of aryl methyl sites for hydroxylation is 1. The summed E-state index contributed by atoms with van der Waals surface area (Å²) in [6.45, 7) is 6.51. The second-order valence-electron chi connectivity index (χ2n) is 9.26. The van der Waals surface area contributed by atoms with E-state index in [4.69, 9.17) is 4.98 Å². The fourth-order valence-electron chi connectivity index (χ4n) is 5.05. The van der Waals surface area contributed by atoms with Crippen molar-refractivity contribution in [2.45, 2.75) is 78.2 Å². The number of nitrogens with one attached hydrogen (secondary N) is 1. The van der Waals surface area contributed by atoms with E-state index in [2.05, 4.69) is 9.99 Å². The Morgan fingerprint density at radius 3 is 2.55 bits per heavy atom. The van der Waals surface area contributed by atoms with Crippen molar-refractivity contribution >= 4 is 5.91 Å². The molecule has 1 aromatic carbocycles. The first kappa shape index (κ1) is 22.0. The minimum atomic E-state index is -0.278. The van der Waals surface area contributed by atoms with E-state index in [1.807, 2.05) is 18.9 Å². The van der Waals surface area contributed by atoms with Crippen LogP contribution in [0.2, 0.25) is 0 Å². The van der Waals surface area contributed by atoms with Crippen LogP contribution < -0.4 is 5.43 Å². The van der Waals surface area contributed by atoms with E-state index in [0.29, 0.717) is 11.5 Å². The number of hydrazine groups is 1. The van der Waals surface area contributed by atoms with Gasteiger partial charge in [0, 0.05) is 30.9 Å². The highest BCUT2D eigenvalue weighted by Gasteiger charge is 2.24. The van der Waals surface area contributed by atoms with E-state index in [9.17, 15) is 9.18 Å². The fourth-order valence-corrected chi connectivity index (χ4v) is 5.05. The standard InChI is InChI=1S/C25H35FN4O/c1-18-11-12-21(26)17-22(18)24-27-23(25(31)28-29-14-7-4-8-15-29)19(2)30(24)16-13-20-9-5-3-6-10-20/h11-12,17,20H,3-10,13-16H2,1-2H3,(H,28,31). The van der Waals surface area contributed by atoms with Crippen molar-refractivity contribution in [3.63, 3.8) is 0 Å². The first-order valence-corrected chi connectivity index (χ1v) is 11.9. The number of nitrogens with zero attached hydrogens (tertiary/aromatic N) is 3. The summed E-state index contributed by atoms with van der Waals surface area (Å²) < 4.78 is 16.2. The molecule has 1 aliphatic heterocycles. The van der Waals surface area contributed by atoms with Crippen LogP contribution in [0.3, 0.4) is 0 Å². The number of carbonyl (C=O) groups excluding carboxylic acids is 1. The Kier molecular flexibility index (Phi) is 7.06. The molecule has 5 nitrogen and oxygen atoms in total. The maximum atomic E-state index is 14.1. The van der Waals surface area contributed by atoms with Gasteiger partial charge in [0.1, 0.15) is 11.6 Å². The zero-order valence-corrected chi connectivity index (χ0v) is 18.9. The van der Waals surface area contributed by atoms with Gasteiger partial charge in [-0.15, -0.1) is 0 Å². The molecular weight excluding hydrogens is 391 g/mol. The molecule has 1 amide bonds. The number of aromatic nitrogens is 2. The van der Waals surface area contributed by atoms with E-state index in [1.165, 1.54) is 44.6 Å². The monoisotopic (exact) mass is 426 g/mol. The largest absolute Gasteiger partial charge is 0.328 e. The molecule has 1 saturated heterocycles. The van der Waals surface area contributed by atoms with Gasteiger partial charge in [-0.25, -0.2) is 14.4 Å². The van der Waals surface area contributed by atoms with Gasteiger partial charge in [0.15, 0.2) is 5.69 Å². The van der Waals surface area contributed by atoms with Crippen LogP contribution in [0, 0.1) is 25.6 Å². The predicted molar refractivity (Wildman–Crippen MR) is 121 cm³/mol. The van der Waals surface area contributed by atoms with Crippen molar-refractivity contribution in [1.29, 1.82) is 0 Å². The number of hydrogen-bond acceptors (Lipinski definition) is 3. The Hall–Kier alpha value is -2.21. The molecule has 1 aliphatic carbocycles. The van der Waals surface area contributed by atoms with Crippen LogP contribution in [0.4, 0.5) is 4.39 Å². The van der Waals surface area contributed by atoms with Crippen molar-refractivity contribution in [2.75, 3.05) is 13.1 Å². The maximum Gasteiger partial charge on any atom is 0.286 e. The summed E-state index contributed by atoms with van der Waals surface area (Å²) in [6, 6.07) is 4.80. The molecule has 2 heterocycles. The zero-order valence-electron chi connectivity index (χ0n) is 18.9. The van der Waals surface area contributed by atoms with E-state index >= 15 is 0 Å². The van der Waals surface area contributed by atoms with Gasteiger partial charge in [-0.05, 0) is 56.7 Å². The minimum Gasteiger partial charge on any atom is -0.328 e. The Labute approximate surface area is 185 Å². The molecule has 2 fully saturated rings. The molecule has 0 spiro atoms. The molecule has 4 rings (SSSR count). The predicted octanol–water partition coefficient (Wildman–Crippen LogP) is 5.41. The number of amides is 1. The van der Waals surface area contributed by atoms with Crippen LogP contribution in [-0.2, 0) is 6.54 Å². The number of rotatable bonds is 6. The second kappa shape index (κ2) is 9.94. The van der Waals surface area contributed by atoms with Gasteiger partial charge in [0.2, 0.25) is 0 Å². The highest BCUT2D eigenvalue weighted by Crippen LogP contribution is 2.30. The zero-order chi connectivity index (χ0) is 21.8. The topological polar surface area (TPSA) is 50.2 Å². The third-order valence-electron chi connectivity index (χ3n) is 6.98. The third kappa shape index (κ3) is 5.17. The van der Waals surface area contributed by atoms with Crippen molar-refractivity contribution in [3.05, 3.63) is 41.0 Å². The number of hydrogen-bond donors (Lipinski definition) is 1. The molecule has 1 saturated carbocycles. The smallest absolute Gasteiger partial charge is 0.286 e. The van der Waals surface area contributed by atoms with E-state index in [0.717, 1.165) is 61.6 Å². The molecule has 168 valence electrons. The summed E-state index contributed by atoms with van der Waals surface area (Å²) in [6.07, 6.45) is 11.0. The van der Waals surface area contributed by atoms with Gasteiger partial charge >= 0.3 is 0 Å². The highest BCUT2D eigenvalue weighted by atomic mass is 19.1. The van der Waals surface area contributed by atoms with Crippen LogP contribution in [0.5, 0.6) is 0 Å². The van der Waals surface area contributed by atoms with Gasteiger partial charge in [-0.3, -0.25) is 10.2 Å². The van der Waals surface area contributed by atoms with Gasteiger partial charge in [0.05, 0.1) is 0 Å². The van der Waals surface area contributed by atoms with Gasteiger partial charge < -0.3 is 4.57 Å². The molecule has 0 unspecified atom stereocenters. The molecule has 0 bridgehead atoms. The number of benzene rings is 1. The van der Waals surface area contributed by atoms with Crippen molar-refractivity contribution in [2.24, 2.45) is 5.92 Å². The summed E-state index contributed by atoms with van der Waals surface area (Å²) in [5.41, 5.74) is 6.09. The summed E-state index contributed by atoms with van der Waals surface area (Å²) in [5.74, 6) is 0.988. The quantitative estimate of drug-likeness (QED) is 0.672. The Morgan fingerprint density at radius 1 is 1.10 bits per heavy atom. The van der Waals surface area contributed by atoms with Gasteiger partial charge in [-0.2, -0.15) is 0 Å². The van der Waals surface area contributed by atoms with Gasteiger partial charge in [0.25, 0.3) is 5.91 Å². The maximum absolute atomic E-state index is 14.1. The fraction of sp³-hybridized carbons (Fsp3) is 0.600. The normalized spacial score (nSPS) is 18.3. The first-order chi connectivity index (χ1) is 15.0. The van der Waals surface area contributed by atoms with Crippen molar-refractivity contribution in [3.8, 4) is 11.4 Å². The molecule has 0 atom stereocenters. The number of halogens is 1. The third-order valence-corrected chi connectivity index (χ3v) is 6.98. The Bertz CT molecular complexity index is 910. The lowest BCUT2D eigenvalue weighted by Crippen LogP contribution is -2.45. The lowest BCUT2D eigenvalue weighted by Gasteiger charge is -2.26. The summed E-state index contributed by atoms with van der Waals surface area (Å²) in [7, 11) is 0. The summed E-state index contributed by atoms with van der Waals surface area (Å²) >= 11 is 0. The number of imidazole rings is 1. The molecular formula is C25H35FN4O. The first-order valence-electron chi connectivity index (χ1n) is 11.9. The molecule has 0 radical (unpaired) electrons. The highest BCUT2D eigenvalue weighted by molar-refractivity contribution is 5.94. The Morgan fingerprint density at radius 2 is 1.81 bits per heavy atom. The number of piperidine rings is 1. The average Bonchev–Trinajstić information content (AvgIpc) is 3.11. The van der Waals surface area contributed by atoms with Crippen LogP contribution in [0.1, 0.15) is 79.5 Å². The van der Waals surface area contributed by atoms with Crippen molar-refractivity contribution in [1.82, 2.24) is 20.0 Å². The van der Waals surface area contributed by atoms with Crippen LogP contribution in [0.15, 0.2) is 18.2 Å². The minimum absolute atomic E-state index is 0.161.